The molecule has 2 rings (SSSR count). The molecule has 0 aromatic heterocycles. The number of carbonyl (C=O) groups excluding carboxylic acids is 2. The van der Waals surface area contributed by atoms with E-state index in [0.29, 0.717) is 12.8 Å². The summed E-state index contributed by atoms with van der Waals surface area (Å²) >= 11 is 0. The van der Waals surface area contributed by atoms with E-state index in [1.165, 1.54) is 5.56 Å². The highest BCUT2D eigenvalue weighted by molar-refractivity contribution is 5.77. The molecule has 0 unspecified atom stereocenters. The average Bonchev–Trinajstić information content (AvgIpc) is 2.61. The molecule has 1 heterocycles. The maximum absolute atomic E-state index is 12.3. The fourth-order valence-corrected chi connectivity index (χ4v) is 3.16. The predicted octanol–water partition coefficient (Wildman–Crippen LogP) is 3.31. The molecular weight excluding hydrogens is 300 g/mol. The van der Waals surface area contributed by atoms with Crippen molar-refractivity contribution in [3.63, 3.8) is 0 Å². The Labute approximate surface area is 145 Å². The standard InChI is InChI=1S/C20H30N2O2/c1-2-3-11-19(23)21-18-13-15-22(16-14-18)20(24)12-7-10-17-8-5-4-6-9-17/h4-6,8-9,18H,2-3,7,10-16H2,1H3,(H,21,23). The van der Waals surface area contributed by atoms with Gasteiger partial charge in [0.15, 0.2) is 0 Å². The predicted molar refractivity (Wildman–Crippen MR) is 96.6 cm³/mol. The quantitative estimate of drug-likeness (QED) is 0.795. The summed E-state index contributed by atoms with van der Waals surface area (Å²) in [4.78, 5) is 26.0. The number of unbranched alkanes of at least 4 members (excludes halogenated alkanes) is 1. The minimum Gasteiger partial charge on any atom is -0.353 e. The Kier molecular flexibility index (Phi) is 7.80. The molecule has 0 bridgehead atoms. The minimum atomic E-state index is 0.157. The number of amides is 2. The summed E-state index contributed by atoms with van der Waals surface area (Å²) in [5, 5.41) is 3.10. The van der Waals surface area contributed by atoms with Gasteiger partial charge in [-0.3, -0.25) is 9.59 Å². The molecule has 4 heteroatoms. The molecule has 1 fully saturated rings. The second kappa shape index (κ2) is 10.1. The van der Waals surface area contributed by atoms with Crippen LogP contribution in [0.4, 0.5) is 0 Å². The third-order valence-corrected chi connectivity index (χ3v) is 4.67. The zero-order valence-corrected chi connectivity index (χ0v) is 14.8. The van der Waals surface area contributed by atoms with Crippen LogP contribution in [0.25, 0.3) is 0 Å². The van der Waals surface area contributed by atoms with E-state index >= 15 is 0 Å². The summed E-state index contributed by atoms with van der Waals surface area (Å²) in [6.07, 6.45) is 6.84. The molecule has 24 heavy (non-hydrogen) atoms. The SMILES string of the molecule is CCCCC(=O)NC1CCN(C(=O)CCCc2ccccc2)CC1. The summed E-state index contributed by atoms with van der Waals surface area (Å²) in [6.45, 7) is 3.63. The molecule has 0 radical (unpaired) electrons. The Morgan fingerprint density at radius 1 is 1.08 bits per heavy atom. The zero-order chi connectivity index (χ0) is 17.2. The van der Waals surface area contributed by atoms with Crippen LogP contribution in [0, 0.1) is 0 Å². The van der Waals surface area contributed by atoms with E-state index in [-0.39, 0.29) is 17.9 Å². The van der Waals surface area contributed by atoms with Crippen molar-refractivity contribution in [1.82, 2.24) is 10.2 Å². The first-order chi connectivity index (χ1) is 11.7. The van der Waals surface area contributed by atoms with Gasteiger partial charge < -0.3 is 10.2 Å². The Morgan fingerprint density at radius 3 is 2.46 bits per heavy atom. The first-order valence-electron chi connectivity index (χ1n) is 9.30. The van der Waals surface area contributed by atoms with Gasteiger partial charge in [-0.25, -0.2) is 0 Å². The monoisotopic (exact) mass is 330 g/mol. The van der Waals surface area contributed by atoms with Crippen LogP contribution < -0.4 is 5.32 Å². The smallest absolute Gasteiger partial charge is 0.222 e. The molecular formula is C20H30N2O2. The zero-order valence-electron chi connectivity index (χ0n) is 14.8. The van der Waals surface area contributed by atoms with Crippen molar-refractivity contribution in [1.29, 1.82) is 0 Å². The van der Waals surface area contributed by atoms with Crippen molar-refractivity contribution in [3.05, 3.63) is 35.9 Å². The topological polar surface area (TPSA) is 49.4 Å². The summed E-state index contributed by atoms with van der Waals surface area (Å²) in [6, 6.07) is 10.5. The first kappa shape index (κ1) is 18.5. The van der Waals surface area contributed by atoms with Crippen molar-refractivity contribution < 1.29 is 9.59 Å². The number of benzene rings is 1. The molecule has 0 aliphatic carbocycles. The van der Waals surface area contributed by atoms with Crippen molar-refractivity contribution >= 4 is 11.8 Å². The second-order valence-corrected chi connectivity index (χ2v) is 6.67. The maximum atomic E-state index is 12.3. The van der Waals surface area contributed by atoms with Crippen LogP contribution >= 0.6 is 0 Å². The van der Waals surface area contributed by atoms with E-state index in [4.69, 9.17) is 0 Å². The van der Waals surface area contributed by atoms with Gasteiger partial charge in [0.2, 0.25) is 11.8 Å². The van der Waals surface area contributed by atoms with Gasteiger partial charge in [-0.2, -0.15) is 0 Å². The van der Waals surface area contributed by atoms with E-state index in [1.807, 2.05) is 23.1 Å². The van der Waals surface area contributed by atoms with Gasteiger partial charge >= 0.3 is 0 Å². The lowest BCUT2D eigenvalue weighted by Crippen LogP contribution is -2.46. The highest BCUT2D eigenvalue weighted by atomic mass is 16.2. The fraction of sp³-hybridized carbons (Fsp3) is 0.600. The maximum Gasteiger partial charge on any atom is 0.222 e. The number of rotatable bonds is 8. The highest BCUT2D eigenvalue weighted by Crippen LogP contribution is 2.13. The van der Waals surface area contributed by atoms with Crippen LogP contribution in [0.5, 0.6) is 0 Å². The Balaban J connectivity index is 1.62. The number of aryl methyl sites for hydroxylation is 1. The molecule has 0 spiro atoms. The van der Waals surface area contributed by atoms with Gasteiger partial charge in [0.25, 0.3) is 0 Å². The Morgan fingerprint density at radius 2 is 1.79 bits per heavy atom. The van der Waals surface area contributed by atoms with Gasteiger partial charge in [-0.15, -0.1) is 0 Å². The van der Waals surface area contributed by atoms with Gasteiger partial charge in [-0.05, 0) is 37.7 Å². The Bertz CT molecular complexity index is 508. The number of hydrogen-bond acceptors (Lipinski definition) is 2. The van der Waals surface area contributed by atoms with E-state index in [9.17, 15) is 9.59 Å². The second-order valence-electron chi connectivity index (χ2n) is 6.67. The minimum absolute atomic E-state index is 0.157. The van der Waals surface area contributed by atoms with Crippen LogP contribution in [0.3, 0.4) is 0 Å². The lowest BCUT2D eigenvalue weighted by atomic mass is 10.0. The van der Waals surface area contributed by atoms with Gasteiger partial charge in [0.05, 0.1) is 0 Å². The number of hydrogen-bond donors (Lipinski definition) is 1. The van der Waals surface area contributed by atoms with Crippen molar-refractivity contribution in [2.24, 2.45) is 0 Å². The van der Waals surface area contributed by atoms with Gasteiger partial charge in [0, 0.05) is 32.0 Å². The summed E-state index contributed by atoms with van der Waals surface area (Å²) in [7, 11) is 0. The van der Waals surface area contributed by atoms with Crippen LogP contribution in [0.15, 0.2) is 30.3 Å². The van der Waals surface area contributed by atoms with Crippen LogP contribution in [-0.4, -0.2) is 35.8 Å². The third-order valence-electron chi connectivity index (χ3n) is 4.67. The number of piperidine rings is 1. The van der Waals surface area contributed by atoms with Crippen LogP contribution in [-0.2, 0) is 16.0 Å². The number of nitrogens with one attached hydrogen (secondary N) is 1. The van der Waals surface area contributed by atoms with Gasteiger partial charge in [-0.1, -0.05) is 43.7 Å². The molecule has 0 saturated carbocycles. The van der Waals surface area contributed by atoms with E-state index in [1.54, 1.807) is 0 Å². The molecule has 132 valence electrons. The number of carbonyl (C=O) groups is 2. The average molecular weight is 330 g/mol. The summed E-state index contributed by atoms with van der Waals surface area (Å²) in [5.74, 6) is 0.408. The Hall–Kier alpha value is -1.84. The van der Waals surface area contributed by atoms with Crippen LogP contribution in [0.2, 0.25) is 0 Å². The molecule has 0 atom stereocenters. The molecule has 4 nitrogen and oxygen atoms in total. The largest absolute Gasteiger partial charge is 0.353 e. The van der Waals surface area contributed by atoms with E-state index < -0.39 is 0 Å². The van der Waals surface area contributed by atoms with E-state index in [2.05, 4.69) is 24.4 Å². The highest BCUT2D eigenvalue weighted by Gasteiger charge is 2.23. The summed E-state index contributed by atoms with van der Waals surface area (Å²) < 4.78 is 0. The number of nitrogens with zero attached hydrogens (tertiary/aromatic N) is 1. The van der Waals surface area contributed by atoms with Gasteiger partial charge in [0.1, 0.15) is 0 Å². The van der Waals surface area contributed by atoms with Crippen molar-refractivity contribution in [3.8, 4) is 0 Å². The van der Waals surface area contributed by atoms with Crippen LogP contribution in [0.1, 0.15) is 57.4 Å². The van der Waals surface area contributed by atoms with Crippen molar-refractivity contribution in [2.75, 3.05) is 13.1 Å². The molecule has 1 aliphatic heterocycles. The molecule has 1 aromatic carbocycles. The molecule has 1 aliphatic rings. The molecule has 2 amide bonds. The molecule has 1 aromatic rings. The lowest BCUT2D eigenvalue weighted by molar-refractivity contribution is -0.132. The molecule has 1 N–H and O–H groups in total. The first-order valence-corrected chi connectivity index (χ1v) is 9.30. The summed E-state index contributed by atoms with van der Waals surface area (Å²) in [5.41, 5.74) is 1.29. The van der Waals surface area contributed by atoms with Crippen molar-refractivity contribution in [2.45, 2.75) is 64.3 Å². The normalized spacial score (nSPS) is 15.3. The molecule has 1 saturated heterocycles. The number of likely N-dealkylation sites (tertiary alicyclic amines) is 1. The fourth-order valence-electron chi connectivity index (χ4n) is 3.16. The lowest BCUT2D eigenvalue weighted by Gasteiger charge is -2.32. The van der Waals surface area contributed by atoms with E-state index in [0.717, 1.165) is 51.6 Å². The third kappa shape index (κ3) is 6.34.